The van der Waals surface area contributed by atoms with Gasteiger partial charge in [0.2, 0.25) is 0 Å². The normalized spacial score (nSPS) is 11.8. The van der Waals surface area contributed by atoms with Crippen LogP contribution in [0.3, 0.4) is 0 Å². The van der Waals surface area contributed by atoms with Crippen molar-refractivity contribution >= 4 is 6.29 Å². The molecule has 2 heteroatoms. The second kappa shape index (κ2) is 8.27. The third kappa shape index (κ3) is 6.15. The van der Waals surface area contributed by atoms with Gasteiger partial charge in [0.15, 0.2) is 0 Å². The topological polar surface area (TPSA) is 17.1 Å². The Kier molecular flexibility index (Phi) is 11.0. The molecule has 1 nitrogen and oxygen atoms in total. The van der Waals surface area contributed by atoms with E-state index >= 15 is 0 Å². The van der Waals surface area contributed by atoms with Gasteiger partial charge in [0, 0.05) is 5.92 Å². The Morgan fingerprint density at radius 1 is 1.67 bits per heavy atom. The Morgan fingerprint density at radius 3 is 2.33 bits per heavy atom. The average molecular weight is 120 g/mol. The van der Waals surface area contributed by atoms with Crippen molar-refractivity contribution in [1.29, 1.82) is 0 Å². The van der Waals surface area contributed by atoms with Crippen molar-refractivity contribution < 1.29 is 23.7 Å². The molecular formula is C7H13LiO. The van der Waals surface area contributed by atoms with Gasteiger partial charge in [-0.1, -0.05) is 13.3 Å². The zero-order chi connectivity index (χ0) is 6.41. The molecule has 1 unspecified atom stereocenters. The molecule has 0 saturated heterocycles. The maximum Gasteiger partial charge on any atom is 1.00 e. The van der Waals surface area contributed by atoms with Crippen molar-refractivity contribution in [2.75, 3.05) is 0 Å². The van der Waals surface area contributed by atoms with Gasteiger partial charge >= 0.3 is 18.9 Å². The molecule has 0 radical (unpaired) electrons. The predicted molar refractivity (Wildman–Crippen MR) is 34.4 cm³/mol. The van der Waals surface area contributed by atoms with E-state index in [-0.39, 0.29) is 24.8 Å². The number of hydrogen-bond acceptors (Lipinski definition) is 1. The van der Waals surface area contributed by atoms with Crippen LogP contribution < -0.4 is 18.9 Å². The average Bonchev–Trinajstić information content (AvgIpc) is 1.83. The van der Waals surface area contributed by atoms with Crippen LogP contribution in [0.2, 0.25) is 0 Å². The zero-order valence-electron chi connectivity index (χ0n) is 6.39. The molecule has 0 saturated carbocycles. The fourth-order valence-corrected chi connectivity index (χ4v) is 0.631. The van der Waals surface area contributed by atoms with Gasteiger partial charge in [-0.05, 0) is 6.42 Å². The summed E-state index contributed by atoms with van der Waals surface area (Å²) in [5.41, 5.74) is 0. The number of carbonyl (C=O) groups excluding carboxylic acids is 1. The molecule has 0 amide bonds. The largest absolute Gasteiger partial charge is 1.00 e. The van der Waals surface area contributed by atoms with E-state index in [0.29, 0.717) is 0 Å². The Balaban J connectivity index is 0. The van der Waals surface area contributed by atoms with Crippen LogP contribution in [0.25, 0.3) is 0 Å². The first-order valence-corrected chi connectivity index (χ1v) is 3.09. The molecule has 9 heavy (non-hydrogen) atoms. The van der Waals surface area contributed by atoms with Gasteiger partial charge in [-0.15, -0.1) is 0 Å². The van der Waals surface area contributed by atoms with Crippen LogP contribution in [0.4, 0.5) is 0 Å². The van der Waals surface area contributed by atoms with Gasteiger partial charge in [-0.3, -0.25) is 0 Å². The molecule has 0 heterocycles. The van der Waals surface area contributed by atoms with E-state index in [4.69, 9.17) is 0 Å². The van der Waals surface area contributed by atoms with Crippen molar-refractivity contribution in [3.8, 4) is 0 Å². The van der Waals surface area contributed by atoms with E-state index in [1.165, 1.54) is 0 Å². The van der Waals surface area contributed by atoms with Gasteiger partial charge in [-0.25, -0.2) is 0 Å². The molecule has 0 aliphatic carbocycles. The minimum atomic E-state index is 0. The van der Waals surface area contributed by atoms with E-state index in [1.807, 2.05) is 6.92 Å². The SMILES string of the molecule is [CH2-]CCC(C=O)CC.[Li+]. The van der Waals surface area contributed by atoms with Crippen LogP contribution in [-0.2, 0) is 4.79 Å². The Labute approximate surface area is 69.4 Å². The summed E-state index contributed by atoms with van der Waals surface area (Å²) in [5.74, 6) is 0.257. The summed E-state index contributed by atoms with van der Waals surface area (Å²) in [4.78, 5) is 10.1. The van der Waals surface area contributed by atoms with E-state index < -0.39 is 0 Å². The number of aldehydes is 1. The van der Waals surface area contributed by atoms with Crippen LogP contribution in [-0.4, -0.2) is 6.29 Å². The van der Waals surface area contributed by atoms with Crippen LogP contribution >= 0.6 is 0 Å². The Hall–Kier alpha value is 0.267. The molecule has 0 fully saturated rings. The van der Waals surface area contributed by atoms with Crippen molar-refractivity contribution in [2.45, 2.75) is 26.2 Å². The molecule has 0 aliphatic rings. The van der Waals surface area contributed by atoms with Gasteiger partial charge in [-0.2, -0.15) is 6.42 Å². The van der Waals surface area contributed by atoms with E-state index in [0.717, 1.165) is 25.5 Å². The molecule has 0 spiro atoms. The van der Waals surface area contributed by atoms with E-state index in [9.17, 15) is 4.79 Å². The predicted octanol–water partition coefficient (Wildman–Crippen LogP) is -1.17. The Morgan fingerprint density at radius 2 is 2.22 bits per heavy atom. The van der Waals surface area contributed by atoms with Gasteiger partial charge in [0.05, 0.1) is 0 Å². The second-order valence-corrected chi connectivity index (χ2v) is 1.95. The number of carbonyl (C=O) groups is 1. The zero-order valence-corrected chi connectivity index (χ0v) is 6.39. The first-order chi connectivity index (χ1) is 3.85. The van der Waals surface area contributed by atoms with Crippen molar-refractivity contribution in [3.05, 3.63) is 6.92 Å². The summed E-state index contributed by atoms with van der Waals surface area (Å²) in [6.45, 7) is 5.69. The molecule has 0 aromatic rings. The van der Waals surface area contributed by atoms with Crippen LogP contribution in [0.5, 0.6) is 0 Å². The van der Waals surface area contributed by atoms with Gasteiger partial charge in [0.1, 0.15) is 6.29 Å². The van der Waals surface area contributed by atoms with Gasteiger partial charge in [0.25, 0.3) is 0 Å². The van der Waals surface area contributed by atoms with Gasteiger partial charge < -0.3 is 11.7 Å². The quantitative estimate of drug-likeness (QED) is 0.259. The van der Waals surface area contributed by atoms with Crippen molar-refractivity contribution in [3.63, 3.8) is 0 Å². The summed E-state index contributed by atoms with van der Waals surface area (Å²) >= 11 is 0. The maximum atomic E-state index is 10.1. The second-order valence-electron chi connectivity index (χ2n) is 1.95. The maximum absolute atomic E-state index is 10.1. The molecule has 0 N–H and O–H groups in total. The molecule has 0 aromatic heterocycles. The number of rotatable bonds is 4. The standard InChI is InChI=1S/C7H13O.Li/c1-3-5-7(4-2)6-8;/h6-7H,1,3-5H2,2H3;/q-1;+1. The third-order valence-corrected chi connectivity index (χ3v) is 1.29. The number of hydrogen-bond donors (Lipinski definition) is 0. The third-order valence-electron chi connectivity index (χ3n) is 1.29. The van der Waals surface area contributed by atoms with Crippen LogP contribution in [0, 0.1) is 12.8 Å². The molecule has 1 atom stereocenters. The summed E-state index contributed by atoms with van der Waals surface area (Å²) in [5, 5.41) is 0. The summed E-state index contributed by atoms with van der Waals surface area (Å²) in [6, 6.07) is 0. The summed E-state index contributed by atoms with van der Waals surface area (Å²) < 4.78 is 0. The van der Waals surface area contributed by atoms with Crippen molar-refractivity contribution in [2.24, 2.45) is 5.92 Å². The van der Waals surface area contributed by atoms with E-state index in [1.54, 1.807) is 0 Å². The molecule has 48 valence electrons. The minimum Gasteiger partial charge on any atom is -0.343 e. The smallest absolute Gasteiger partial charge is 0.343 e. The molecule has 0 rings (SSSR count). The molecule has 0 aromatic carbocycles. The molecular weight excluding hydrogens is 107 g/mol. The fourth-order valence-electron chi connectivity index (χ4n) is 0.631. The van der Waals surface area contributed by atoms with Crippen LogP contribution in [0.1, 0.15) is 26.2 Å². The fraction of sp³-hybridized carbons (Fsp3) is 0.714. The summed E-state index contributed by atoms with van der Waals surface area (Å²) in [7, 11) is 0. The minimum absolute atomic E-state index is 0. The van der Waals surface area contributed by atoms with Crippen LogP contribution in [0.15, 0.2) is 0 Å². The molecule has 0 aliphatic heterocycles. The molecule has 0 bridgehead atoms. The Bertz CT molecular complexity index is 63.9. The summed E-state index contributed by atoms with van der Waals surface area (Å²) in [6.07, 6.45) is 3.79. The first-order valence-electron chi connectivity index (χ1n) is 3.09. The monoisotopic (exact) mass is 120 g/mol. The van der Waals surface area contributed by atoms with Crippen molar-refractivity contribution in [1.82, 2.24) is 0 Å². The van der Waals surface area contributed by atoms with E-state index in [2.05, 4.69) is 6.92 Å². The first kappa shape index (κ1) is 12.0.